The zero-order valence-corrected chi connectivity index (χ0v) is 20.9. The maximum Gasteiger partial charge on any atom is 0.263 e. The summed E-state index contributed by atoms with van der Waals surface area (Å²) in [6, 6.07) is 13.5. The summed E-state index contributed by atoms with van der Waals surface area (Å²) in [5.74, 6) is -1.46. The predicted molar refractivity (Wildman–Crippen MR) is 136 cm³/mol. The fraction of sp³-hybridized carbons (Fsp3) is 0.259. The highest BCUT2D eigenvalue weighted by molar-refractivity contribution is 6.33. The summed E-state index contributed by atoms with van der Waals surface area (Å²) in [6.07, 6.45) is 0.882. The van der Waals surface area contributed by atoms with Crippen LogP contribution in [0.3, 0.4) is 0 Å². The molecule has 1 aliphatic heterocycles. The topological polar surface area (TPSA) is 83.8 Å². The number of methoxy groups -OCH3 is 2. The first-order valence-corrected chi connectivity index (χ1v) is 11.8. The SMILES string of the molecule is COc1ccc(Cl)c(OC)c1C(=O)Nc1cc(C#N)ccc1N1CCC(Oc2ccc(F)cc2F)CC1. The summed E-state index contributed by atoms with van der Waals surface area (Å²) in [5.41, 5.74) is 1.63. The van der Waals surface area contributed by atoms with Crippen molar-refractivity contribution in [2.24, 2.45) is 0 Å². The molecule has 4 rings (SSSR count). The van der Waals surface area contributed by atoms with E-state index in [1.165, 1.54) is 20.3 Å². The van der Waals surface area contributed by atoms with Gasteiger partial charge in [0, 0.05) is 32.0 Å². The number of nitriles is 1. The van der Waals surface area contributed by atoms with Crippen molar-refractivity contribution in [3.63, 3.8) is 0 Å². The van der Waals surface area contributed by atoms with Crippen molar-refractivity contribution < 1.29 is 27.8 Å². The van der Waals surface area contributed by atoms with Crippen LogP contribution in [0.1, 0.15) is 28.8 Å². The number of halogens is 3. The Labute approximate surface area is 218 Å². The van der Waals surface area contributed by atoms with Crippen LogP contribution < -0.4 is 24.4 Å². The number of benzene rings is 3. The maximum atomic E-state index is 14.0. The molecule has 3 aromatic carbocycles. The Kier molecular flexibility index (Phi) is 7.99. The van der Waals surface area contributed by atoms with Crippen molar-refractivity contribution in [1.29, 1.82) is 5.26 Å². The molecule has 0 aromatic heterocycles. The molecule has 1 N–H and O–H groups in total. The number of hydrogen-bond donors (Lipinski definition) is 1. The highest BCUT2D eigenvalue weighted by Crippen LogP contribution is 2.37. The molecule has 0 atom stereocenters. The third-order valence-corrected chi connectivity index (χ3v) is 6.36. The largest absolute Gasteiger partial charge is 0.496 e. The van der Waals surface area contributed by atoms with Gasteiger partial charge in [-0.05, 0) is 42.5 Å². The lowest BCUT2D eigenvalue weighted by molar-refractivity contribution is 0.102. The van der Waals surface area contributed by atoms with E-state index >= 15 is 0 Å². The molecule has 1 heterocycles. The van der Waals surface area contributed by atoms with E-state index in [0.717, 1.165) is 12.1 Å². The fourth-order valence-electron chi connectivity index (χ4n) is 4.26. The first kappa shape index (κ1) is 26.0. The van der Waals surface area contributed by atoms with E-state index in [9.17, 15) is 18.8 Å². The van der Waals surface area contributed by atoms with E-state index in [-0.39, 0.29) is 33.9 Å². The molecular weight excluding hydrogens is 504 g/mol. The van der Waals surface area contributed by atoms with Gasteiger partial charge in [0.05, 0.1) is 42.2 Å². The normalized spacial score (nSPS) is 13.6. The number of hydrogen-bond acceptors (Lipinski definition) is 6. The number of nitrogens with one attached hydrogen (secondary N) is 1. The smallest absolute Gasteiger partial charge is 0.263 e. The van der Waals surface area contributed by atoms with Gasteiger partial charge < -0.3 is 24.4 Å². The van der Waals surface area contributed by atoms with Crippen molar-refractivity contribution in [3.05, 3.63) is 76.3 Å². The number of rotatable bonds is 7. The number of ether oxygens (including phenoxy) is 3. The van der Waals surface area contributed by atoms with Gasteiger partial charge in [-0.25, -0.2) is 8.78 Å². The minimum absolute atomic E-state index is 0.00981. The van der Waals surface area contributed by atoms with Crippen LogP contribution in [0, 0.1) is 23.0 Å². The molecule has 1 saturated heterocycles. The lowest BCUT2D eigenvalue weighted by atomic mass is 10.0. The predicted octanol–water partition coefficient (Wildman–Crippen LogP) is 5.81. The van der Waals surface area contributed by atoms with E-state index in [2.05, 4.69) is 11.4 Å². The lowest BCUT2D eigenvalue weighted by Gasteiger charge is -2.35. The fourth-order valence-corrected chi connectivity index (χ4v) is 4.49. The van der Waals surface area contributed by atoms with Gasteiger partial charge in [0.1, 0.15) is 23.2 Å². The molecule has 0 bridgehead atoms. The zero-order chi connectivity index (χ0) is 26.5. The van der Waals surface area contributed by atoms with Gasteiger partial charge in [0.2, 0.25) is 0 Å². The number of carbonyl (C=O) groups excluding carboxylic acids is 1. The van der Waals surface area contributed by atoms with Crippen LogP contribution in [0.25, 0.3) is 0 Å². The number of carbonyl (C=O) groups is 1. The van der Waals surface area contributed by atoms with E-state index in [1.54, 1.807) is 30.3 Å². The van der Waals surface area contributed by atoms with E-state index in [1.807, 2.05) is 4.90 Å². The second-order valence-corrected chi connectivity index (χ2v) is 8.74. The van der Waals surface area contributed by atoms with E-state index in [0.29, 0.717) is 42.9 Å². The summed E-state index contributed by atoms with van der Waals surface area (Å²) >= 11 is 6.23. The maximum absolute atomic E-state index is 14.0. The average molecular weight is 528 g/mol. The molecule has 0 aliphatic carbocycles. The van der Waals surface area contributed by atoms with Crippen molar-refractivity contribution in [3.8, 4) is 23.3 Å². The molecule has 0 unspecified atom stereocenters. The van der Waals surface area contributed by atoms with Crippen LogP contribution in [-0.4, -0.2) is 39.3 Å². The monoisotopic (exact) mass is 527 g/mol. The number of nitrogens with zero attached hydrogens (tertiary/aromatic N) is 2. The highest BCUT2D eigenvalue weighted by Gasteiger charge is 2.26. The van der Waals surface area contributed by atoms with Crippen molar-refractivity contribution >= 4 is 28.9 Å². The number of anilines is 2. The Bertz CT molecular complexity index is 1350. The Morgan fingerprint density at radius 3 is 2.43 bits per heavy atom. The van der Waals surface area contributed by atoms with Gasteiger partial charge in [0.15, 0.2) is 17.3 Å². The van der Waals surface area contributed by atoms with Crippen LogP contribution >= 0.6 is 11.6 Å². The Morgan fingerprint density at radius 2 is 1.78 bits per heavy atom. The van der Waals surface area contributed by atoms with Crippen LogP contribution in [0.5, 0.6) is 17.2 Å². The van der Waals surface area contributed by atoms with Gasteiger partial charge >= 0.3 is 0 Å². The second kappa shape index (κ2) is 11.4. The minimum Gasteiger partial charge on any atom is -0.496 e. The molecular formula is C27H24ClF2N3O4. The molecule has 3 aromatic rings. The molecule has 0 spiro atoms. The van der Waals surface area contributed by atoms with Crippen molar-refractivity contribution in [1.82, 2.24) is 0 Å². The third-order valence-electron chi connectivity index (χ3n) is 6.07. The highest BCUT2D eigenvalue weighted by atomic mass is 35.5. The average Bonchev–Trinajstić information content (AvgIpc) is 2.90. The molecule has 1 amide bonds. The Balaban J connectivity index is 1.55. The van der Waals surface area contributed by atoms with Gasteiger partial charge in [-0.1, -0.05) is 11.6 Å². The molecule has 7 nitrogen and oxygen atoms in total. The van der Waals surface area contributed by atoms with Gasteiger partial charge in [0.25, 0.3) is 5.91 Å². The van der Waals surface area contributed by atoms with Gasteiger partial charge in [-0.3, -0.25) is 4.79 Å². The third kappa shape index (κ3) is 5.70. The molecule has 1 aliphatic rings. The molecule has 0 saturated carbocycles. The summed E-state index contributed by atoms with van der Waals surface area (Å²) in [6.45, 7) is 1.10. The van der Waals surface area contributed by atoms with Crippen LogP contribution in [0.4, 0.5) is 20.2 Å². The minimum atomic E-state index is -0.744. The molecule has 1 fully saturated rings. The first-order chi connectivity index (χ1) is 17.8. The lowest BCUT2D eigenvalue weighted by Crippen LogP contribution is -2.38. The molecule has 192 valence electrons. The Morgan fingerprint density at radius 1 is 1.05 bits per heavy atom. The number of piperidine rings is 1. The zero-order valence-electron chi connectivity index (χ0n) is 20.2. The van der Waals surface area contributed by atoms with Gasteiger partial charge in [-0.15, -0.1) is 0 Å². The van der Waals surface area contributed by atoms with E-state index in [4.69, 9.17) is 25.8 Å². The summed E-state index contributed by atoms with van der Waals surface area (Å²) in [5, 5.41) is 12.5. The summed E-state index contributed by atoms with van der Waals surface area (Å²) in [7, 11) is 2.84. The van der Waals surface area contributed by atoms with Crippen LogP contribution in [0.2, 0.25) is 5.02 Å². The van der Waals surface area contributed by atoms with Crippen LogP contribution in [0.15, 0.2) is 48.5 Å². The van der Waals surface area contributed by atoms with Crippen LogP contribution in [-0.2, 0) is 0 Å². The summed E-state index contributed by atoms with van der Waals surface area (Å²) in [4.78, 5) is 15.4. The van der Waals surface area contributed by atoms with E-state index < -0.39 is 17.5 Å². The standard InChI is InChI=1S/C27H24ClF2N3O4/c1-35-24-8-5-19(28)26(36-2)25(24)27(34)32-21-13-16(15-31)3-6-22(21)33-11-9-18(10-12-33)37-23-7-4-17(29)14-20(23)30/h3-8,13-14,18H,9-12H2,1-2H3,(H,32,34). The van der Waals surface area contributed by atoms with Crippen molar-refractivity contribution in [2.75, 3.05) is 37.5 Å². The Hall–Kier alpha value is -4.03. The summed E-state index contributed by atoms with van der Waals surface area (Å²) < 4.78 is 43.6. The quantitative estimate of drug-likeness (QED) is 0.417. The van der Waals surface area contributed by atoms with Crippen molar-refractivity contribution in [2.45, 2.75) is 18.9 Å². The first-order valence-electron chi connectivity index (χ1n) is 11.5. The molecule has 10 heteroatoms. The second-order valence-electron chi connectivity index (χ2n) is 8.33. The van der Waals surface area contributed by atoms with Gasteiger partial charge in [-0.2, -0.15) is 5.26 Å². The number of amides is 1. The molecule has 37 heavy (non-hydrogen) atoms. The molecule has 0 radical (unpaired) electrons.